The van der Waals surface area contributed by atoms with Gasteiger partial charge in [0.05, 0.1) is 12.5 Å². The first-order valence-corrected chi connectivity index (χ1v) is 8.29. The Hall–Kier alpha value is -2.69. The van der Waals surface area contributed by atoms with Gasteiger partial charge in [-0.1, -0.05) is 19.1 Å². The lowest BCUT2D eigenvalue weighted by molar-refractivity contribution is -0.114. The van der Waals surface area contributed by atoms with Crippen LogP contribution in [0.3, 0.4) is 0 Å². The maximum atomic E-state index is 12.2. The van der Waals surface area contributed by atoms with Crippen molar-refractivity contribution in [1.29, 1.82) is 0 Å². The van der Waals surface area contributed by atoms with Gasteiger partial charge in [-0.25, -0.2) is 0 Å². The number of carbonyl (C=O) groups excluding carboxylic acids is 1. The summed E-state index contributed by atoms with van der Waals surface area (Å²) in [5.41, 5.74) is 0.567. The number of hydrogen-bond donors (Lipinski definition) is 0. The summed E-state index contributed by atoms with van der Waals surface area (Å²) >= 11 is 0. The van der Waals surface area contributed by atoms with E-state index in [4.69, 9.17) is 18.9 Å². The summed E-state index contributed by atoms with van der Waals surface area (Å²) < 4.78 is 22.4. The lowest BCUT2D eigenvalue weighted by Gasteiger charge is -2.31. The van der Waals surface area contributed by atoms with Gasteiger partial charge < -0.3 is 18.9 Å². The van der Waals surface area contributed by atoms with Crippen LogP contribution in [0.1, 0.15) is 25.0 Å². The molecule has 0 radical (unpaired) electrons. The van der Waals surface area contributed by atoms with E-state index in [-0.39, 0.29) is 24.6 Å². The molecule has 1 aromatic rings. The lowest BCUT2D eigenvalue weighted by atomic mass is 9.69. The van der Waals surface area contributed by atoms with Gasteiger partial charge in [0.2, 0.25) is 12.6 Å². The van der Waals surface area contributed by atoms with E-state index in [1.807, 2.05) is 30.4 Å². The van der Waals surface area contributed by atoms with Gasteiger partial charge in [-0.2, -0.15) is 0 Å². The van der Waals surface area contributed by atoms with Crippen LogP contribution in [0.25, 0.3) is 0 Å². The van der Waals surface area contributed by atoms with Crippen molar-refractivity contribution in [1.82, 2.24) is 0 Å². The van der Waals surface area contributed by atoms with Gasteiger partial charge in [0.25, 0.3) is 0 Å². The average molecular weight is 340 g/mol. The first kappa shape index (κ1) is 15.8. The van der Waals surface area contributed by atoms with Crippen LogP contribution in [0.5, 0.6) is 11.5 Å². The van der Waals surface area contributed by atoms with Crippen LogP contribution in [0.4, 0.5) is 0 Å². The third-order valence-corrected chi connectivity index (χ3v) is 5.30. The molecule has 2 aliphatic heterocycles. The van der Waals surface area contributed by atoms with E-state index in [0.29, 0.717) is 17.9 Å². The zero-order valence-electron chi connectivity index (χ0n) is 14.3. The standard InChI is InChI=1S/C20H20O5/c1-4-7-20-10-17(22-3)14(21)9-18(20)25-19(12(20)2)13-5-6-15-16(8-13)24-11-23-15/h4-6,8-10,12,19H,1,7,11H2,2-3H3/t12-,19-,20+/m1/s1. The summed E-state index contributed by atoms with van der Waals surface area (Å²) in [4.78, 5) is 12.2. The summed E-state index contributed by atoms with van der Waals surface area (Å²) in [5, 5.41) is 0. The Morgan fingerprint density at radius 2 is 2.16 bits per heavy atom. The summed E-state index contributed by atoms with van der Waals surface area (Å²) in [5.74, 6) is 2.41. The highest BCUT2D eigenvalue weighted by Crippen LogP contribution is 2.58. The van der Waals surface area contributed by atoms with Crippen molar-refractivity contribution in [2.75, 3.05) is 13.9 Å². The molecule has 4 rings (SSSR count). The number of benzene rings is 1. The van der Waals surface area contributed by atoms with E-state index in [2.05, 4.69) is 13.5 Å². The molecule has 130 valence electrons. The SMILES string of the molecule is C=CC[C@@]12C=C(OC)C(=O)C=C1O[C@@H](c1ccc3c(c1)OCO3)[C@H]2C. The van der Waals surface area contributed by atoms with Crippen LogP contribution in [0.15, 0.2) is 54.5 Å². The maximum Gasteiger partial charge on any atom is 0.231 e. The molecule has 0 spiro atoms. The number of allylic oxidation sites excluding steroid dienone is 3. The van der Waals surface area contributed by atoms with Crippen molar-refractivity contribution in [2.24, 2.45) is 11.3 Å². The minimum absolute atomic E-state index is 0.0929. The molecule has 1 saturated heterocycles. The molecule has 0 bridgehead atoms. The molecule has 3 aliphatic rings. The second kappa shape index (κ2) is 5.69. The van der Waals surface area contributed by atoms with Gasteiger partial charge in [0.15, 0.2) is 17.3 Å². The van der Waals surface area contributed by atoms with Crippen molar-refractivity contribution in [2.45, 2.75) is 19.4 Å². The van der Waals surface area contributed by atoms with Gasteiger partial charge in [-0.05, 0) is 30.2 Å². The van der Waals surface area contributed by atoms with Crippen LogP contribution in [-0.2, 0) is 14.3 Å². The van der Waals surface area contributed by atoms with Crippen LogP contribution in [0.2, 0.25) is 0 Å². The molecule has 3 atom stereocenters. The summed E-state index contributed by atoms with van der Waals surface area (Å²) in [6, 6.07) is 5.83. The predicted octanol–water partition coefficient (Wildman–Crippen LogP) is 3.68. The normalized spacial score (nSPS) is 29.4. The largest absolute Gasteiger partial charge is 0.493 e. The highest BCUT2D eigenvalue weighted by Gasteiger charge is 2.53. The number of methoxy groups -OCH3 is 1. The molecule has 5 nitrogen and oxygen atoms in total. The van der Waals surface area contributed by atoms with Crippen LogP contribution >= 0.6 is 0 Å². The van der Waals surface area contributed by atoms with E-state index < -0.39 is 5.41 Å². The number of carbonyl (C=O) groups is 1. The number of ether oxygens (including phenoxy) is 4. The predicted molar refractivity (Wildman–Crippen MR) is 91.0 cm³/mol. The summed E-state index contributed by atoms with van der Waals surface area (Å²) in [6.45, 7) is 6.25. The number of rotatable bonds is 4. The topological polar surface area (TPSA) is 54.0 Å². The van der Waals surface area contributed by atoms with Crippen LogP contribution in [0, 0.1) is 11.3 Å². The first-order chi connectivity index (χ1) is 12.1. The summed E-state index contributed by atoms with van der Waals surface area (Å²) in [6.07, 6.45) is 5.77. The van der Waals surface area contributed by atoms with Crippen molar-refractivity contribution in [3.8, 4) is 11.5 Å². The van der Waals surface area contributed by atoms with Crippen LogP contribution < -0.4 is 9.47 Å². The van der Waals surface area contributed by atoms with Crippen molar-refractivity contribution in [3.05, 3.63) is 60.1 Å². The van der Waals surface area contributed by atoms with Gasteiger partial charge >= 0.3 is 0 Å². The second-order valence-corrected chi connectivity index (χ2v) is 6.56. The Bertz CT molecular complexity index is 806. The van der Waals surface area contributed by atoms with Crippen molar-refractivity contribution < 1.29 is 23.7 Å². The smallest absolute Gasteiger partial charge is 0.231 e. The fourth-order valence-electron chi connectivity index (χ4n) is 3.90. The Morgan fingerprint density at radius 3 is 2.92 bits per heavy atom. The van der Waals surface area contributed by atoms with E-state index in [0.717, 1.165) is 17.1 Å². The maximum absolute atomic E-state index is 12.2. The lowest BCUT2D eigenvalue weighted by Crippen LogP contribution is -2.29. The number of fused-ring (bicyclic) bond motifs is 2. The van der Waals surface area contributed by atoms with Gasteiger partial charge in [0, 0.05) is 12.0 Å². The zero-order chi connectivity index (χ0) is 17.6. The molecule has 25 heavy (non-hydrogen) atoms. The third-order valence-electron chi connectivity index (χ3n) is 5.30. The Morgan fingerprint density at radius 1 is 1.36 bits per heavy atom. The zero-order valence-corrected chi connectivity index (χ0v) is 14.3. The fraction of sp³-hybridized carbons (Fsp3) is 0.350. The molecule has 1 aromatic carbocycles. The van der Waals surface area contributed by atoms with E-state index >= 15 is 0 Å². The minimum Gasteiger partial charge on any atom is -0.493 e. The number of ketones is 1. The van der Waals surface area contributed by atoms with E-state index in [9.17, 15) is 4.79 Å². The quantitative estimate of drug-likeness (QED) is 0.783. The monoisotopic (exact) mass is 340 g/mol. The van der Waals surface area contributed by atoms with Gasteiger partial charge in [0.1, 0.15) is 11.9 Å². The molecule has 1 aliphatic carbocycles. The molecular formula is C20H20O5. The fourth-order valence-corrected chi connectivity index (χ4v) is 3.90. The Kier molecular flexibility index (Phi) is 3.60. The molecule has 0 amide bonds. The van der Waals surface area contributed by atoms with E-state index in [1.54, 1.807) is 6.08 Å². The minimum atomic E-state index is -0.429. The number of hydrogen-bond acceptors (Lipinski definition) is 5. The van der Waals surface area contributed by atoms with Crippen molar-refractivity contribution in [3.63, 3.8) is 0 Å². The average Bonchev–Trinajstić information content (AvgIpc) is 3.18. The molecule has 0 N–H and O–H groups in total. The Balaban J connectivity index is 1.76. The van der Waals surface area contributed by atoms with Crippen LogP contribution in [-0.4, -0.2) is 19.7 Å². The van der Waals surface area contributed by atoms with E-state index in [1.165, 1.54) is 7.11 Å². The molecular weight excluding hydrogens is 320 g/mol. The molecule has 0 unspecified atom stereocenters. The molecule has 5 heteroatoms. The summed E-state index contributed by atoms with van der Waals surface area (Å²) in [7, 11) is 1.51. The highest BCUT2D eigenvalue weighted by atomic mass is 16.7. The highest BCUT2D eigenvalue weighted by molar-refractivity contribution is 6.04. The van der Waals surface area contributed by atoms with Crippen molar-refractivity contribution >= 4 is 5.78 Å². The second-order valence-electron chi connectivity index (χ2n) is 6.56. The molecule has 1 fully saturated rings. The molecule has 0 aromatic heterocycles. The van der Waals surface area contributed by atoms with Gasteiger partial charge in [-0.15, -0.1) is 6.58 Å². The molecule has 0 saturated carbocycles. The third kappa shape index (κ3) is 2.26. The molecule has 2 heterocycles. The first-order valence-electron chi connectivity index (χ1n) is 8.29. The van der Waals surface area contributed by atoms with Gasteiger partial charge in [-0.3, -0.25) is 4.79 Å². The Labute approximate surface area is 146 Å².